The fourth-order valence-electron chi connectivity index (χ4n) is 8.03. The van der Waals surface area contributed by atoms with Crippen molar-refractivity contribution >= 4 is 0 Å². The summed E-state index contributed by atoms with van der Waals surface area (Å²) in [6, 6.07) is 76.6. The minimum absolute atomic E-state index is 0.605. The van der Waals surface area contributed by atoms with E-state index >= 15 is 0 Å². The standard InChI is InChI=1S/C59H39N7/c1-5-13-40(14-6-1)41-21-27-48(28-22-41)58-64-56(47-19-11-4-12-20-47)65-59(66-58)50-31-25-43(26-32-50)52-37-51(38-53(39-52)44-33-35-60-36-34-44)42-23-29-49(30-24-42)57-62-54(45-15-7-2-8-16-45)61-55(63-57)46-17-9-3-10-18-46/h1-39H. The molecule has 11 aromatic rings. The average Bonchev–Trinajstić information content (AvgIpc) is 3.42. The van der Waals surface area contributed by atoms with Crippen molar-refractivity contribution < 1.29 is 0 Å². The molecule has 0 bridgehead atoms. The summed E-state index contributed by atoms with van der Waals surface area (Å²) in [4.78, 5) is 34.1. The molecule has 0 saturated heterocycles. The Labute approximate surface area is 383 Å². The van der Waals surface area contributed by atoms with Crippen LogP contribution in [0.3, 0.4) is 0 Å². The van der Waals surface area contributed by atoms with Crippen LogP contribution in [0.5, 0.6) is 0 Å². The third-order valence-corrected chi connectivity index (χ3v) is 11.5. The fourth-order valence-corrected chi connectivity index (χ4v) is 8.03. The largest absolute Gasteiger partial charge is 0.265 e. The van der Waals surface area contributed by atoms with Gasteiger partial charge in [0.1, 0.15) is 0 Å². The van der Waals surface area contributed by atoms with Crippen LogP contribution in [0, 0.1) is 0 Å². The van der Waals surface area contributed by atoms with E-state index in [1.807, 2.05) is 122 Å². The van der Waals surface area contributed by atoms with Gasteiger partial charge in [0, 0.05) is 45.8 Å². The highest BCUT2D eigenvalue weighted by molar-refractivity contribution is 5.83. The van der Waals surface area contributed by atoms with E-state index in [0.717, 1.165) is 77.9 Å². The van der Waals surface area contributed by atoms with Crippen molar-refractivity contribution in [1.82, 2.24) is 34.9 Å². The average molecular weight is 846 g/mol. The number of nitrogens with zero attached hydrogens (tertiary/aromatic N) is 7. The lowest BCUT2D eigenvalue weighted by Crippen LogP contribution is -2.00. The molecule has 0 unspecified atom stereocenters. The lowest BCUT2D eigenvalue weighted by molar-refractivity contribution is 1.07. The summed E-state index contributed by atoms with van der Waals surface area (Å²) in [7, 11) is 0. The second-order valence-electron chi connectivity index (χ2n) is 15.8. The van der Waals surface area contributed by atoms with E-state index in [0.29, 0.717) is 34.9 Å². The molecule has 0 amide bonds. The molecule has 66 heavy (non-hydrogen) atoms. The predicted molar refractivity (Wildman–Crippen MR) is 265 cm³/mol. The maximum absolute atomic E-state index is 5.04. The smallest absolute Gasteiger partial charge is 0.164 e. The van der Waals surface area contributed by atoms with Crippen LogP contribution in [-0.4, -0.2) is 34.9 Å². The van der Waals surface area contributed by atoms with Gasteiger partial charge in [-0.2, -0.15) is 0 Å². The van der Waals surface area contributed by atoms with Crippen LogP contribution in [0.2, 0.25) is 0 Å². The predicted octanol–water partition coefficient (Wildman–Crippen LogP) is 14.1. The molecule has 0 aliphatic carbocycles. The second kappa shape index (κ2) is 18.0. The van der Waals surface area contributed by atoms with Crippen LogP contribution >= 0.6 is 0 Å². The normalized spacial score (nSPS) is 11.0. The first-order chi connectivity index (χ1) is 32.7. The van der Waals surface area contributed by atoms with Gasteiger partial charge in [-0.05, 0) is 74.8 Å². The molecule has 0 saturated carbocycles. The molecule has 0 fully saturated rings. The minimum atomic E-state index is 0.605. The number of hydrogen-bond donors (Lipinski definition) is 0. The highest BCUT2D eigenvalue weighted by atomic mass is 15.0. The van der Waals surface area contributed by atoms with E-state index in [9.17, 15) is 0 Å². The molecule has 0 spiro atoms. The van der Waals surface area contributed by atoms with E-state index in [4.69, 9.17) is 29.9 Å². The summed E-state index contributed by atoms with van der Waals surface area (Å²) in [5.74, 6) is 3.72. The summed E-state index contributed by atoms with van der Waals surface area (Å²) < 4.78 is 0. The van der Waals surface area contributed by atoms with Crippen LogP contribution in [-0.2, 0) is 0 Å². The number of aromatic nitrogens is 7. The Morgan fingerprint density at radius 3 is 0.652 bits per heavy atom. The van der Waals surface area contributed by atoms with Gasteiger partial charge in [-0.15, -0.1) is 0 Å². The first-order valence-electron chi connectivity index (χ1n) is 21.8. The zero-order chi connectivity index (χ0) is 44.1. The molecule has 3 heterocycles. The Bertz CT molecular complexity index is 3350. The molecule has 7 heteroatoms. The van der Waals surface area contributed by atoms with Crippen LogP contribution in [0.25, 0.3) is 113 Å². The molecule has 0 N–H and O–H groups in total. The van der Waals surface area contributed by atoms with Gasteiger partial charge in [-0.25, -0.2) is 29.9 Å². The Balaban J connectivity index is 0.942. The monoisotopic (exact) mass is 845 g/mol. The van der Waals surface area contributed by atoms with E-state index in [2.05, 4.69) is 120 Å². The van der Waals surface area contributed by atoms with Crippen LogP contribution in [0.1, 0.15) is 0 Å². The molecular weight excluding hydrogens is 807 g/mol. The minimum Gasteiger partial charge on any atom is -0.265 e. The zero-order valence-electron chi connectivity index (χ0n) is 35.6. The molecule has 0 aliphatic rings. The summed E-state index contributed by atoms with van der Waals surface area (Å²) >= 11 is 0. The number of benzene rings is 8. The lowest BCUT2D eigenvalue weighted by Gasteiger charge is -2.13. The van der Waals surface area contributed by atoms with Crippen molar-refractivity contribution in [3.05, 3.63) is 237 Å². The van der Waals surface area contributed by atoms with Gasteiger partial charge >= 0.3 is 0 Å². The quantitative estimate of drug-likeness (QED) is 0.135. The van der Waals surface area contributed by atoms with Crippen molar-refractivity contribution in [1.29, 1.82) is 0 Å². The maximum Gasteiger partial charge on any atom is 0.164 e. The summed E-state index contributed by atoms with van der Waals surface area (Å²) in [6.07, 6.45) is 3.66. The van der Waals surface area contributed by atoms with E-state index in [1.54, 1.807) is 0 Å². The Morgan fingerprint density at radius 2 is 0.364 bits per heavy atom. The molecular formula is C59H39N7. The first-order valence-corrected chi connectivity index (χ1v) is 21.8. The van der Waals surface area contributed by atoms with Crippen molar-refractivity contribution in [3.63, 3.8) is 0 Å². The van der Waals surface area contributed by atoms with Gasteiger partial charge in [0.15, 0.2) is 34.9 Å². The fraction of sp³-hybridized carbons (Fsp3) is 0. The lowest BCUT2D eigenvalue weighted by atomic mass is 9.93. The van der Waals surface area contributed by atoms with Gasteiger partial charge < -0.3 is 0 Å². The molecule has 0 atom stereocenters. The van der Waals surface area contributed by atoms with E-state index < -0.39 is 0 Å². The van der Waals surface area contributed by atoms with Gasteiger partial charge in [0.05, 0.1) is 0 Å². The van der Waals surface area contributed by atoms with Crippen molar-refractivity contribution in [2.45, 2.75) is 0 Å². The van der Waals surface area contributed by atoms with Crippen molar-refractivity contribution in [3.8, 4) is 113 Å². The first kappa shape index (κ1) is 39.8. The number of hydrogen-bond acceptors (Lipinski definition) is 7. The number of rotatable bonds is 10. The van der Waals surface area contributed by atoms with Crippen molar-refractivity contribution in [2.24, 2.45) is 0 Å². The van der Waals surface area contributed by atoms with Gasteiger partial charge in [-0.1, -0.05) is 194 Å². The third kappa shape index (κ3) is 8.52. The highest BCUT2D eigenvalue weighted by Gasteiger charge is 2.16. The van der Waals surface area contributed by atoms with Crippen LogP contribution in [0.15, 0.2) is 237 Å². The number of pyridine rings is 1. The van der Waals surface area contributed by atoms with Crippen molar-refractivity contribution in [2.75, 3.05) is 0 Å². The Morgan fingerprint density at radius 1 is 0.167 bits per heavy atom. The van der Waals surface area contributed by atoms with Gasteiger partial charge in [0.2, 0.25) is 0 Å². The highest BCUT2D eigenvalue weighted by Crippen LogP contribution is 2.35. The molecule has 11 rings (SSSR count). The molecule has 0 aliphatic heterocycles. The topological polar surface area (TPSA) is 90.2 Å². The summed E-state index contributed by atoms with van der Waals surface area (Å²) in [5.41, 5.74) is 14.3. The molecule has 8 aromatic carbocycles. The zero-order valence-corrected chi connectivity index (χ0v) is 35.6. The molecule has 3 aromatic heterocycles. The summed E-state index contributed by atoms with van der Waals surface area (Å²) in [6.45, 7) is 0. The van der Waals surface area contributed by atoms with Crippen LogP contribution in [0.4, 0.5) is 0 Å². The van der Waals surface area contributed by atoms with Gasteiger partial charge in [0.25, 0.3) is 0 Å². The maximum atomic E-state index is 5.04. The Kier molecular flexibility index (Phi) is 10.8. The SMILES string of the molecule is c1ccc(-c2ccc(-c3nc(-c4ccccc4)nc(-c4ccc(-c5cc(-c6ccncc6)cc(-c6ccc(-c7nc(-c8ccccc8)nc(-c8ccccc8)n7)cc6)c5)cc4)n3)cc2)cc1. The molecule has 0 radical (unpaired) electrons. The third-order valence-electron chi connectivity index (χ3n) is 11.5. The van der Waals surface area contributed by atoms with E-state index in [-0.39, 0.29) is 0 Å². The summed E-state index contributed by atoms with van der Waals surface area (Å²) in [5, 5.41) is 0. The van der Waals surface area contributed by atoms with Crippen LogP contribution < -0.4 is 0 Å². The van der Waals surface area contributed by atoms with E-state index in [1.165, 1.54) is 0 Å². The van der Waals surface area contributed by atoms with Gasteiger partial charge in [-0.3, -0.25) is 4.98 Å². The molecule has 7 nitrogen and oxygen atoms in total. The molecule has 310 valence electrons. The second-order valence-corrected chi connectivity index (χ2v) is 15.8. The Hall–Kier alpha value is -9.07.